The number of nitrogens with zero attached hydrogens (tertiary/aromatic N) is 3. The zero-order valence-corrected chi connectivity index (χ0v) is 19.8. The molecule has 1 aromatic heterocycles. The van der Waals surface area contributed by atoms with E-state index >= 15 is 0 Å². The number of anilines is 1. The molecule has 0 aliphatic carbocycles. The van der Waals surface area contributed by atoms with Gasteiger partial charge in [0.05, 0.1) is 16.0 Å². The third-order valence-corrected chi connectivity index (χ3v) is 7.18. The first kappa shape index (κ1) is 25.3. The van der Waals surface area contributed by atoms with Crippen molar-refractivity contribution in [2.45, 2.75) is 35.1 Å². The summed E-state index contributed by atoms with van der Waals surface area (Å²) < 4.78 is 76.5. The molecule has 3 rings (SSSR count). The van der Waals surface area contributed by atoms with Crippen LogP contribution in [-0.2, 0) is 16.0 Å². The fourth-order valence-corrected chi connectivity index (χ4v) is 4.95. The summed E-state index contributed by atoms with van der Waals surface area (Å²) in [6, 6.07) is 4.86. The van der Waals surface area contributed by atoms with Crippen LogP contribution in [0.2, 0.25) is 0 Å². The lowest BCUT2D eigenvalue weighted by atomic mass is 10.1. The summed E-state index contributed by atoms with van der Waals surface area (Å²) in [7, 11) is -3.52. The van der Waals surface area contributed by atoms with Gasteiger partial charge in [-0.1, -0.05) is 13.8 Å². The summed E-state index contributed by atoms with van der Waals surface area (Å²) >= 11 is 1.44. The summed E-state index contributed by atoms with van der Waals surface area (Å²) in [6.45, 7) is 4.59. The van der Waals surface area contributed by atoms with Crippen molar-refractivity contribution < 1.29 is 30.8 Å². The third-order valence-electron chi connectivity index (χ3n) is 4.99. The van der Waals surface area contributed by atoms with Gasteiger partial charge in [0.25, 0.3) is 5.91 Å². The highest BCUT2D eigenvalue weighted by Crippen LogP contribution is 2.32. The second-order valence-electron chi connectivity index (χ2n) is 7.90. The number of piperazine rings is 1. The van der Waals surface area contributed by atoms with E-state index in [0.717, 1.165) is 6.26 Å². The van der Waals surface area contributed by atoms with Gasteiger partial charge >= 0.3 is 6.18 Å². The highest BCUT2D eigenvalue weighted by molar-refractivity contribution is 8.00. The first-order valence-electron chi connectivity index (χ1n) is 10.0. The number of pyridine rings is 1. The monoisotopic (exact) mass is 505 g/mol. The third kappa shape index (κ3) is 5.97. The number of hydrogen-bond donors (Lipinski definition) is 0. The quantitative estimate of drug-likeness (QED) is 0.450. The minimum absolute atomic E-state index is 0.0358. The largest absolute Gasteiger partial charge is 0.417 e. The maximum absolute atomic E-state index is 14.3. The Hall–Kier alpha value is -2.34. The SMILES string of the molecule is CC(C)Sc1ccc(S(C)(=O)=O)cc1C(=O)N1CCN(c2ncc(C(F)(F)F)cc2F)CC1. The Labute approximate surface area is 193 Å². The van der Waals surface area contributed by atoms with Crippen LogP contribution in [0.4, 0.5) is 23.4 Å². The van der Waals surface area contributed by atoms with E-state index in [2.05, 4.69) is 4.98 Å². The van der Waals surface area contributed by atoms with E-state index in [-0.39, 0.29) is 53.6 Å². The van der Waals surface area contributed by atoms with Crippen LogP contribution in [0.1, 0.15) is 29.8 Å². The number of sulfone groups is 1. The van der Waals surface area contributed by atoms with Crippen LogP contribution in [0, 0.1) is 5.82 Å². The second kappa shape index (κ2) is 9.49. The lowest BCUT2D eigenvalue weighted by Crippen LogP contribution is -2.49. The predicted molar refractivity (Wildman–Crippen MR) is 118 cm³/mol. The Morgan fingerprint density at radius 3 is 2.27 bits per heavy atom. The predicted octanol–water partition coefficient (Wildman–Crippen LogP) is 4.11. The smallest absolute Gasteiger partial charge is 0.351 e. The molecule has 0 unspecified atom stereocenters. The van der Waals surface area contributed by atoms with Crippen molar-refractivity contribution in [1.29, 1.82) is 0 Å². The van der Waals surface area contributed by atoms with Gasteiger partial charge in [0, 0.05) is 48.8 Å². The van der Waals surface area contributed by atoms with Crippen molar-refractivity contribution in [2.75, 3.05) is 37.3 Å². The van der Waals surface area contributed by atoms with Gasteiger partial charge < -0.3 is 9.80 Å². The zero-order chi connectivity index (χ0) is 24.6. The first-order chi connectivity index (χ1) is 15.3. The molecule has 1 aliphatic rings. The maximum atomic E-state index is 14.3. The van der Waals surface area contributed by atoms with E-state index in [4.69, 9.17) is 0 Å². The molecule has 6 nitrogen and oxygen atoms in total. The summed E-state index contributed by atoms with van der Waals surface area (Å²) in [5.41, 5.74) is -0.901. The Morgan fingerprint density at radius 1 is 1.12 bits per heavy atom. The van der Waals surface area contributed by atoms with E-state index in [1.165, 1.54) is 33.7 Å². The molecule has 2 aromatic rings. The van der Waals surface area contributed by atoms with Gasteiger partial charge in [-0.3, -0.25) is 4.79 Å². The van der Waals surface area contributed by atoms with Crippen molar-refractivity contribution in [3.63, 3.8) is 0 Å². The molecule has 0 N–H and O–H groups in total. The topological polar surface area (TPSA) is 70.6 Å². The zero-order valence-electron chi connectivity index (χ0n) is 18.2. The number of carbonyl (C=O) groups is 1. The van der Waals surface area contributed by atoms with Crippen LogP contribution in [-0.4, -0.2) is 61.9 Å². The molecule has 0 atom stereocenters. The van der Waals surface area contributed by atoms with Crippen molar-refractivity contribution in [2.24, 2.45) is 0 Å². The molecule has 1 aromatic carbocycles. The molecule has 0 saturated carbocycles. The Balaban J connectivity index is 1.79. The summed E-state index contributed by atoms with van der Waals surface area (Å²) in [5, 5.41) is 0.159. The molecule has 0 radical (unpaired) electrons. The molecule has 33 heavy (non-hydrogen) atoms. The molecule has 0 spiro atoms. The van der Waals surface area contributed by atoms with Crippen LogP contribution in [0.3, 0.4) is 0 Å². The molecule has 1 amide bonds. The number of aromatic nitrogens is 1. The van der Waals surface area contributed by atoms with Gasteiger partial charge in [-0.25, -0.2) is 17.8 Å². The van der Waals surface area contributed by atoms with Crippen LogP contribution < -0.4 is 4.90 Å². The fraction of sp³-hybridized carbons (Fsp3) is 0.429. The molecular formula is C21H23F4N3O3S2. The van der Waals surface area contributed by atoms with Crippen LogP contribution in [0.15, 0.2) is 40.3 Å². The molecule has 2 heterocycles. The number of thioether (sulfide) groups is 1. The van der Waals surface area contributed by atoms with Gasteiger partial charge in [0.2, 0.25) is 0 Å². The molecule has 12 heteroatoms. The standard InChI is InChI=1S/C21H23F4N3O3S2/c1-13(2)32-18-5-4-15(33(3,30)31)11-16(18)20(29)28-8-6-27(7-9-28)19-17(22)10-14(12-26-19)21(23,24)25/h4-5,10-13H,6-9H2,1-3H3. The number of alkyl halides is 3. The average molecular weight is 506 g/mol. The van der Waals surface area contributed by atoms with Gasteiger partial charge in [0.15, 0.2) is 21.5 Å². The van der Waals surface area contributed by atoms with Crippen LogP contribution in [0.5, 0.6) is 0 Å². The van der Waals surface area contributed by atoms with Crippen molar-refractivity contribution in [3.05, 3.63) is 47.4 Å². The number of carbonyl (C=O) groups excluding carboxylic acids is 1. The number of halogens is 4. The molecule has 1 saturated heterocycles. The van der Waals surface area contributed by atoms with Gasteiger partial charge in [0.1, 0.15) is 0 Å². The lowest BCUT2D eigenvalue weighted by Gasteiger charge is -2.36. The molecule has 1 aliphatic heterocycles. The van der Waals surface area contributed by atoms with Gasteiger partial charge in [-0.15, -0.1) is 11.8 Å². The average Bonchev–Trinajstić information content (AvgIpc) is 2.72. The second-order valence-corrected chi connectivity index (χ2v) is 11.5. The number of rotatable bonds is 5. The van der Waals surface area contributed by atoms with Gasteiger partial charge in [-0.05, 0) is 24.3 Å². The van der Waals surface area contributed by atoms with E-state index in [1.807, 2.05) is 13.8 Å². The summed E-state index contributed by atoms with van der Waals surface area (Å²) in [5.74, 6) is -1.64. The fourth-order valence-electron chi connectivity index (χ4n) is 3.37. The van der Waals surface area contributed by atoms with Crippen molar-refractivity contribution in [1.82, 2.24) is 9.88 Å². The Morgan fingerprint density at radius 2 is 1.76 bits per heavy atom. The van der Waals surface area contributed by atoms with Gasteiger partial charge in [-0.2, -0.15) is 13.2 Å². The van der Waals surface area contributed by atoms with E-state index in [0.29, 0.717) is 17.2 Å². The molecular weight excluding hydrogens is 482 g/mol. The maximum Gasteiger partial charge on any atom is 0.417 e. The Bertz CT molecular complexity index is 1150. The summed E-state index contributed by atoms with van der Waals surface area (Å²) in [4.78, 5) is 20.6. The number of hydrogen-bond acceptors (Lipinski definition) is 6. The Kier molecular flexibility index (Phi) is 7.27. The summed E-state index contributed by atoms with van der Waals surface area (Å²) in [6.07, 6.45) is -3.04. The molecule has 1 fully saturated rings. The number of amides is 1. The first-order valence-corrected chi connectivity index (χ1v) is 12.8. The lowest BCUT2D eigenvalue weighted by molar-refractivity contribution is -0.138. The molecule has 0 bridgehead atoms. The normalized spacial score (nSPS) is 15.3. The minimum atomic E-state index is -4.69. The highest BCUT2D eigenvalue weighted by Gasteiger charge is 2.33. The van der Waals surface area contributed by atoms with E-state index in [1.54, 1.807) is 6.07 Å². The van der Waals surface area contributed by atoms with E-state index in [9.17, 15) is 30.8 Å². The van der Waals surface area contributed by atoms with Crippen molar-refractivity contribution >= 4 is 33.3 Å². The highest BCUT2D eigenvalue weighted by atomic mass is 32.2. The number of benzene rings is 1. The minimum Gasteiger partial charge on any atom is -0.351 e. The van der Waals surface area contributed by atoms with Crippen LogP contribution in [0.25, 0.3) is 0 Å². The molecule has 180 valence electrons. The van der Waals surface area contributed by atoms with Crippen molar-refractivity contribution in [3.8, 4) is 0 Å². The van der Waals surface area contributed by atoms with E-state index < -0.39 is 27.4 Å². The van der Waals surface area contributed by atoms with Crippen LogP contribution >= 0.6 is 11.8 Å².